The normalized spacial score (nSPS) is 19.9. The number of benzene rings is 1. The van der Waals surface area contributed by atoms with Gasteiger partial charge in [-0.05, 0) is 44.3 Å². The zero-order chi connectivity index (χ0) is 21.5. The van der Waals surface area contributed by atoms with E-state index < -0.39 is 0 Å². The largest absolute Gasteiger partial charge is 0.369 e. The van der Waals surface area contributed by atoms with Crippen molar-refractivity contribution in [2.45, 2.75) is 38.6 Å². The molecule has 1 atom stereocenters. The molecule has 2 saturated heterocycles. The van der Waals surface area contributed by atoms with Crippen LogP contribution in [0.25, 0.3) is 0 Å². The number of piperidine rings is 2. The Morgan fingerprint density at radius 1 is 1.06 bits per heavy atom. The van der Waals surface area contributed by atoms with E-state index in [1.807, 2.05) is 30.3 Å². The fourth-order valence-corrected chi connectivity index (χ4v) is 4.56. The quantitative estimate of drug-likeness (QED) is 0.739. The van der Waals surface area contributed by atoms with Crippen molar-refractivity contribution in [2.24, 2.45) is 5.92 Å². The van der Waals surface area contributed by atoms with Gasteiger partial charge >= 0.3 is 0 Å². The van der Waals surface area contributed by atoms with Gasteiger partial charge in [0.15, 0.2) is 0 Å². The van der Waals surface area contributed by atoms with Gasteiger partial charge in [-0.2, -0.15) is 5.10 Å². The Morgan fingerprint density at radius 3 is 2.65 bits per heavy atom. The molecule has 1 aromatic heterocycles. The van der Waals surface area contributed by atoms with Crippen molar-refractivity contribution in [3.8, 4) is 0 Å². The number of likely N-dealkylation sites (tertiary alicyclic amines) is 1. The van der Waals surface area contributed by atoms with Crippen LogP contribution in [-0.4, -0.2) is 59.9 Å². The molecule has 0 aliphatic carbocycles. The maximum Gasteiger partial charge on any atom is 0.269 e. The number of carbonyl (C=O) groups excluding carboxylic acids is 1. The number of carbonyl (C=O) groups is 1. The minimum absolute atomic E-state index is 0.0399. The van der Waals surface area contributed by atoms with Gasteiger partial charge < -0.3 is 15.1 Å². The van der Waals surface area contributed by atoms with Gasteiger partial charge in [-0.15, -0.1) is 0 Å². The number of amides is 1. The Morgan fingerprint density at radius 2 is 1.87 bits per heavy atom. The predicted molar refractivity (Wildman–Crippen MR) is 122 cm³/mol. The molecule has 2 fully saturated rings. The SMILES string of the molecule is O=C(NCCN1CCCCC1)C1CCCN(c2cnn(Cc3ccccc3)c(=O)c2)C1. The van der Waals surface area contributed by atoms with Gasteiger partial charge in [0.1, 0.15) is 0 Å². The molecular weight excluding hydrogens is 390 g/mol. The standard InChI is InChI=1S/C24H33N5O2/c30-23-16-22(17-26-29(23)18-20-8-3-1-4-9-20)28-14-7-10-21(19-28)24(31)25-11-15-27-12-5-2-6-13-27/h1,3-4,8-9,16-17,21H,2,5-7,10-15,18-19H2,(H,25,31). The minimum Gasteiger partial charge on any atom is -0.369 e. The van der Waals surface area contributed by atoms with E-state index in [0.717, 1.165) is 50.3 Å². The van der Waals surface area contributed by atoms with E-state index in [-0.39, 0.29) is 17.4 Å². The Balaban J connectivity index is 1.30. The number of anilines is 1. The highest BCUT2D eigenvalue weighted by Gasteiger charge is 2.26. The Hall–Kier alpha value is -2.67. The van der Waals surface area contributed by atoms with Crippen LogP contribution >= 0.6 is 0 Å². The molecule has 0 saturated carbocycles. The summed E-state index contributed by atoms with van der Waals surface area (Å²) in [6, 6.07) is 11.5. The molecule has 4 rings (SSSR count). The fourth-order valence-electron chi connectivity index (χ4n) is 4.56. The monoisotopic (exact) mass is 423 g/mol. The maximum absolute atomic E-state index is 12.7. The van der Waals surface area contributed by atoms with Gasteiger partial charge in [0.25, 0.3) is 5.56 Å². The molecule has 1 unspecified atom stereocenters. The van der Waals surface area contributed by atoms with Crippen LogP contribution in [0.3, 0.4) is 0 Å². The molecule has 1 N–H and O–H groups in total. The maximum atomic E-state index is 12.7. The van der Waals surface area contributed by atoms with Crippen LogP contribution in [0.2, 0.25) is 0 Å². The van der Waals surface area contributed by atoms with E-state index in [1.165, 1.54) is 23.9 Å². The summed E-state index contributed by atoms with van der Waals surface area (Å²) < 4.78 is 1.48. The summed E-state index contributed by atoms with van der Waals surface area (Å²) in [5, 5.41) is 7.51. The Labute approximate surface area is 184 Å². The summed E-state index contributed by atoms with van der Waals surface area (Å²) in [4.78, 5) is 29.8. The molecule has 3 heterocycles. The highest BCUT2D eigenvalue weighted by Crippen LogP contribution is 2.22. The number of hydrogen-bond acceptors (Lipinski definition) is 5. The molecule has 2 aliphatic rings. The Kier molecular flexibility index (Phi) is 7.35. The minimum atomic E-state index is -0.116. The zero-order valence-electron chi connectivity index (χ0n) is 18.2. The van der Waals surface area contributed by atoms with Crippen LogP contribution in [0.4, 0.5) is 5.69 Å². The lowest BCUT2D eigenvalue weighted by Crippen LogP contribution is -2.45. The average Bonchev–Trinajstić information content (AvgIpc) is 2.82. The zero-order valence-corrected chi connectivity index (χ0v) is 18.2. The van der Waals surface area contributed by atoms with Crippen LogP contribution in [-0.2, 0) is 11.3 Å². The van der Waals surface area contributed by atoms with Gasteiger partial charge in [-0.1, -0.05) is 36.8 Å². The van der Waals surface area contributed by atoms with Crippen LogP contribution in [0, 0.1) is 5.92 Å². The lowest BCUT2D eigenvalue weighted by atomic mass is 9.97. The van der Waals surface area contributed by atoms with E-state index in [4.69, 9.17) is 0 Å². The molecule has 31 heavy (non-hydrogen) atoms. The summed E-state index contributed by atoms with van der Waals surface area (Å²) in [5.41, 5.74) is 1.73. The van der Waals surface area contributed by atoms with Gasteiger partial charge in [0, 0.05) is 32.2 Å². The second-order valence-corrected chi connectivity index (χ2v) is 8.67. The van der Waals surface area contributed by atoms with E-state index in [2.05, 4.69) is 20.2 Å². The van der Waals surface area contributed by atoms with Gasteiger partial charge in [-0.3, -0.25) is 9.59 Å². The van der Waals surface area contributed by atoms with Crippen molar-refractivity contribution in [1.29, 1.82) is 0 Å². The molecule has 0 bridgehead atoms. The summed E-state index contributed by atoms with van der Waals surface area (Å²) in [6.45, 7) is 5.90. The highest BCUT2D eigenvalue weighted by molar-refractivity contribution is 5.79. The molecule has 2 aromatic rings. The molecule has 2 aliphatic heterocycles. The van der Waals surface area contributed by atoms with Crippen molar-refractivity contribution >= 4 is 11.6 Å². The third kappa shape index (κ3) is 5.94. The highest BCUT2D eigenvalue weighted by atomic mass is 16.2. The van der Waals surface area contributed by atoms with Crippen LogP contribution in [0.15, 0.2) is 47.4 Å². The lowest BCUT2D eigenvalue weighted by molar-refractivity contribution is -0.125. The van der Waals surface area contributed by atoms with E-state index in [1.54, 1.807) is 12.3 Å². The number of nitrogens with one attached hydrogen (secondary N) is 1. The number of hydrogen-bond donors (Lipinski definition) is 1. The molecular formula is C24H33N5O2. The Bertz CT molecular complexity index is 908. The smallest absolute Gasteiger partial charge is 0.269 e. The molecule has 0 spiro atoms. The number of aromatic nitrogens is 2. The molecule has 7 heteroatoms. The number of nitrogens with zero attached hydrogens (tertiary/aromatic N) is 4. The van der Waals surface area contributed by atoms with Crippen LogP contribution in [0.1, 0.15) is 37.7 Å². The first kappa shape index (κ1) is 21.6. The predicted octanol–water partition coefficient (Wildman–Crippen LogP) is 2.11. The van der Waals surface area contributed by atoms with Crippen molar-refractivity contribution in [2.75, 3.05) is 44.2 Å². The third-order valence-electron chi connectivity index (χ3n) is 6.36. The summed E-state index contributed by atoms with van der Waals surface area (Å²) in [5.74, 6) is 0.0916. The average molecular weight is 424 g/mol. The first-order chi connectivity index (χ1) is 15.2. The molecule has 1 aromatic carbocycles. The van der Waals surface area contributed by atoms with E-state index >= 15 is 0 Å². The van der Waals surface area contributed by atoms with Crippen molar-refractivity contribution < 1.29 is 4.79 Å². The molecule has 7 nitrogen and oxygen atoms in total. The van der Waals surface area contributed by atoms with E-state index in [9.17, 15) is 9.59 Å². The molecule has 166 valence electrons. The van der Waals surface area contributed by atoms with Crippen molar-refractivity contribution in [3.05, 3.63) is 58.5 Å². The van der Waals surface area contributed by atoms with Crippen LogP contribution < -0.4 is 15.8 Å². The topological polar surface area (TPSA) is 70.5 Å². The van der Waals surface area contributed by atoms with Crippen molar-refractivity contribution in [3.63, 3.8) is 0 Å². The summed E-state index contributed by atoms with van der Waals surface area (Å²) in [6.07, 6.45) is 7.45. The first-order valence-electron chi connectivity index (χ1n) is 11.6. The fraction of sp³-hybridized carbons (Fsp3) is 0.542. The summed E-state index contributed by atoms with van der Waals surface area (Å²) >= 11 is 0. The summed E-state index contributed by atoms with van der Waals surface area (Å²) in [7, 11) is 0. The van der Waals surface area contributed by atoms with Crippen LogP contribution in [0.5, 0.6) is 0 Å². The second-order valence-electron chi connectivity index (χ2n) is 8.67. The molecule has 1 amide bonds. The third-order valence-corrected chi connectivity index (χ3v) is 6.36. The number of rotatable bonds is 7. The van der Waals surface area contributed by atoms with Crippen molar-refractivity contribution in [1.82, 2.24) is 20.0 Å². The molecule has 0 radical (unpaired) electrons. The van der Waals surface area contributed by atoms with Gasteiger partial charge in [-0.25, -0.2) is 4.68 Å². The second kappa shape index (κ2) is 10.6. The first-order valence-corrected chi connectivity index (χ1v) is 11.6. The van der Waals surface area contributed by atoms with Gasteiger partial charge in [0.05, 0.1) is 24.3 Å². The van der Waals surface area contributed by atoms with Gasteiger partial charge in [0.2, 0.25) is 5.91 Å². The van der Waals surface area contributed by atoms with E-state index in [0.29, 0.717) is 19.6 Å². The lowest BCUT2D eigenvalue weighted by Gasteiger charge is -2.33.